The van der Waals surface area contributed by atoms with Crippen LogP contribution in [0.1, 0.15) is 177 Å². The third-order valence-electron chi connectivity index (χ3n) is 19.4. The van der Waals surface area contributed by atoms with Crippen molar-refractivity contribution in [3.8, 4) is 5.75 Å². The number of carbonyl (C=O) groups is 15. The maximum absolute atomic E-state index is 14.8. The van der Waals surface area contributed by atoms with Gasteiger partial charge in [0.1, 0.15) is 78.3 Å². The standard InChI is InChI=1S/C73H118N14O25/c1-9-10-11-12-13-14-15-16-17-18-19-21-46-32-53(97)80-57(39(5)88)67(105)77-38(4)63(101)79-48(30-43-23-25-44(92)26-24-43)64(102)82-56(37(2)3)71(109)87-36-45(93)31-49(87)65(103)83-59(41(7)90)69(107)84-60(42(8)91)72(110)86-29-27-50(94)62(86)70(108)85-61(51(95)33-52(74)96)66(104)76-34-54(98)81-58(40(6)89)68(106)78-47(73(111)112-46)22-20-28-75-35-55(99)100/h23-26,37-42,45-51,56-62,75,88-95H,9-22,27-36H2,1-8H3,(H2,74,96)(H,76,104)(H,77,105)(H,78,106)(H,79,101)(H,80,97)(H,81,98)(H,82,102)(H,83,103)(H,84,107)(H,85,108)(H,99,100)/t38-,39-,40-,41-,42-,45-,46-,47+,48+,49+,50+,51-,56+,57-,58-,59-,60+,61+,62+/m1/s1. The Hall–Kier alpha value is -9.25. The van der Waals surface area contributed by atoms with Crippen LogP contribution in [0.15, 0.2) is 24.3 Å². The van der Waals surface area contributed by atoms with Crippen LogP contribution in [-0.4, -0.2) is 293 Å². The van der Waals surface area contributed by atoms with Crippen molar-refractivity contribution in [2.75, 3.05) is 32.7 Å². The van der Waals surface area contributed by atoms with Crippen LogP contribution >= 0.6 is 0 Å². The fourth-order valence-corrected chi connectivity index (χ4v) is 13.1. The molecule has 0 aromatic heterocycles. The van der Waals surface area contributed by atoms with Crippen molar-refractivity contribution in [2.45, 2.75) is 293 Å². The van der Waals surface area contributed by atoms with Gasteiger partial charge in [-0.1, -0.05) is 97.1 Å². The van der Waals surface area contributed by atoms with E-state index >= 15 is 0 Å². The second kappa shape index (κ2) is 47.3. The summed E-state index contributed by atoms with van der Waals surface area (Å²) in [6.45, 7) is 7.96. The zero-order chi connectivity index (χ0) is 83.8. The van der Waals surface area contributed by atoms with Gasteiger partial charge in [0.05, 0.1) is 68.7 Å². The fraction of sp³-hybridized carbons (Fsp3) is 0.712. The van der Waals surface area contributed by atoms with Crippen LogP contribution in [0.3, 0.4) is 0 Å². The zero-order valence-electron chi connectivity index (χ0n) is 64.9. The van der Waals surface area contributed by atoms with Crippen molar-refractivity contribution in [3.63, 3.8) is 0 Å². The molecule has 0 radical (unpaired) electrons. The number of hydrogen-bond acceptors (Lipinski definition) is 25. The van der Waals surface area contributed by atoms with Crippen molar-refractivity contribution in [1.82, 2.24) is 68.3 Å². The lowest BCUT2D eigenvalue weighted by atomic mass is 9.99. The summed E-state index contributed by atoms with van der Waals surface area (Å²) in [6.07, 6.45) is -6.90. The van der Waals surface area contributed by atoms with E-state index in [0.29, 0.717) is 23.3 Å². The summed E-state index contributed by atoms with van der Waals surface area (Å²) in [4.78, 5) is 211. The van der Waals surface area contributed by atoms with E-state index in [1.54, 1.807) is 0 Å². The summed E-state index contributed by atoms with van der Waals surface area (Å²) in [5, 5.41) is 123. The summed E-state index contributed by atoms with van der Waals surface area (Å²) < 4.78 is 5.97. The van der Waals surface area contributed by atoms with Crippen LogP contribution in [0.5, 0.6) is 5.75 Å². The number of aromatic hydroxyl groups is 1. The lowest BCUT2D eigenvalue weighted by molar-refractivity contribution is -0.155. The molecule has 22 N–H and O–H groups in total. The van der Waals surface area contributed by atoms with E-state index in [1.165, 1.54) is 45.0 Å². The Bertz CT molecular complexity index is 3350. The molecule has 0 bridgehead atoms. The Morgan fingerprint density at radius 2 is 1.07 bits per heavy atom. The minimum atomic E-state index is -2.25. The van der Waals surface area contributed by atoms with Crippen molar-refractivity contribution in [2.24, 2.45) is 11.7 Å². The van der Waals surface area contributed by atoms with E-state index in [4.69, 9.17) is 10.5 Å². The minimum Gasteiger partial charge on any atom is -0.508 e. The Morgan fingerprint density at radius 1 is 0.562 bits per heavy atom. The number of cyclic esters (lactones) is 1. The topological polar surface area (TPSA) is 612 Å². The molecule has 1 aromatic rings. The number of phenols is 1. The number of fused-ring (bicyclic) bond motifs is 2. The summed E-state index contributed by atoms with van der Waals surface area (Å²) in [6, 6.07) is -14.7. The number of phenolic OH excluding ortho intramolecular Hbond substituents is 1. The normalized spacial score (nSPS) is 27.5. The highest BCUT2D eigenvalue weighted by Gasteiger charge is 2.48. The van der Waals surface area contributed by atoms with Gasteiger partial charge in [0.2, 0.25) is 76.8 Å². The van der Waals surface area contributed by atoms with Gasteiger partial charge in [0.15, 0.2) is 0 Å². The number of primary amides is 1. The van der Waals surface area contributed by atoms with Crippen LogP contribution in [0.4, 0.5) is 0 Å². The first kappa shape index (κ1) is 95.1. The van der Waals surface area contributed by atoms with Crippen molar-refractivity contribution in [1.29, 1.82) is 0 Å². The van der Waals surface area contributed by atoms with E-state index in [2.05, 4.69) is 65.4 Å². The predicted octanol–water partition coefficient (Wildman–Crippen LogP) is -5.76. The number of aliphatic carboxylic acids is 1. The van der Waals surface area contributed by atoms with Crippen LogP contribution in [0, 0.1) is 5.92 Å². The molecule has 3 aliphatic heterocycles. The molecule has 0 unspecified atom stereocenters. The molecule has 0 aliphatic carbocycles. The number of nitrogens with zero attached hydrogens (tertiary/aromatic N) is 2. The molecular weight excluding hydrogens is 1470 g/mol. The number of carboxylic acids is 1. The molecule has 13 amide bonds. The number of rotatable bonds is 28. The summed E-state index contributed by atoms with van der Waals surface area (Å²) in [5.74, 6) is -18.8. The van der Waals surface area contributed by atoms with Gasteiger partial charge in [-0.3, -0.25) is 67.1 Å². The summed E-state index contributed by atoms with van der Waals surface area (Å²) in [7, 11) is 0. The summed E-state index contributed by atoms with van der Waals surface area (Å²) in [5.41, 5.74) is 5.69. The third kappa shape index (κ3) is 31.0. The molecule has 3 fully saturated rings. The van der Waals surface area contributed by atoms with Crippen LogP contribution < -0.4 is 64.2 Å². The maximum atomic E-state index is 14.8. The van der Waals surface area contributed by atoms with Crippen molar-refractivity contribution >= 4 is 88.7 Å². The number of nitrogens with one attached hydrogen (secondary N) is 11. The molecule has 39 nitrogen and oxygen atoms in total. The number of amides is 13. The van der Waals surface area contributed by atoms with E-state index in [1.807, 2.05) is 0 Å². The van der Waals surface area contributed by atoms with Gasteiger partial charge in [-0.05, 0) is 96.9 Å². The van der Waals surface area contributed by atoms with Crippen LogP contribution in [-0.2, 0) is 83.1 Å². The molecule has 19 atom stereocenters. The van der Waals surface area contributed by atoms with Crippen molar-refractivity contribution in [3.05, 3.63) is 29.8 Å². The smallest absolute Gasteiger partial charge is 0.328 e. The Morgan fingerprint density at radius 3 is 1.63 bits per heavy atom. The number of hydrogen-bond donors (Lipinski definition) is 21. The second-order valence-electron chi connectivity index (χ2n) is 29.4. The quantitative estimate of drug-likeness (QED) is 0.0275. The van der Waals surface area contributed by atoms with Crippen LogP contribution in [0.2, 0.25) is 0 Å². The fourth-order valence-electron chi connectivity index (χ4n) is 13.1. The molecule has 112 heavy (non-hydrogen) atoms. The molecule has 39 heteroatoms. The highest BCUT2D eigenvalue weighted by Crippen LogP contribution is 2.25. The maximum Gasteiger partial charge on any atom is 0.328 e. The first-order chi connectivity index (χ1) is 52.8. The molecule has 3 aliphatic rings. The molecule has 0 saturated carbocycles. The number of unbranched alkanes of at least 4 members (excludes halogenated alkanes) is 10. The molecule has 3 heterocycles. The Kier molecular flexibility index (Phi) is 40.2. The first-order valence-corrected chi connectivity index (χ1v) is 38.3. The molecular formula is C73H118N14O25. The zero-order valence-corrected chi connectivity index (χ0v) is 64.9. The highest BCUT2D eigenvalue weighted by molar-refractivity contribution is 6.00. The third-order valence-corrected chi connectivity index (χ3v) is 19.4. The monoisotopic (exact) mass is 1590 g/mol. The minimum absolute atomic E-state index is 0.0169. The number of esters is 1. The number of aliphatic hydroxyl groups excluding tert-OH is 7. The SMILES string of the molecule is CCCCCCCCCCCCC[C@@H]1CC(=O)N[C@H]([C@@H](C)O)C(=O)N[C@H](C)C(=O)N[C@@H](Cc2ccc(O)cc2)C(=O)N[C@@H](C(C)C)C(=O)N2C[C@H](O)C[C@H]2C(=O)N[C@H]([C@@H](C)O)C(=O)N[C@@H]([C@@H](C)O)C(=O)N2CC[C@H](O)[C@H]2C(=O)N[C@@H]([C@H](O)CC(N)=O)C(=O)NCC(=O)N[C@H]([C@@H](C)O)C(=O)N[C@@H](CCCNCC(=O)O)C(=O)O1. The Balaban J connectivity index is 1.83. The number of carboxylic acid groups (broad SMARTS) is 1. The lowest BCUT2D eigenvalue weighted by Gasteiger charge is -2.34. The van der Waals surface area contributed by atoms with Gasteiger partial charge in [-0.2, -0.15) is 0 Å². The van der Waals surface area contributed by atoms with Gasteiger partial charge in [-0.15, -0.1) is 0 Å². The Labute approximate surface area is 649 Å². The van der Waals surface area contributed by atoms with Gasteiger partial charge in [0, 0.05) is 25.9 Å². The number of benzene rings is 1. The van der Waals surface area contributed by atoms with Gasteiger partial charge in [0.25, 0.3) is 0 Å². The second-order valence-corrected chi connectivity index (χ2v) is 29.4. The van der Waals surface area contributed by atoms with E-state index < -0.39 is 255 Å². The molecule has 1 aromatic carbocycles. The highest BCUT2D eigenvalue weighted by atomic mass is 16.5. The number of ether oxygens (including phenoxy) is 1. The van der Waals surface area contributed by atoms with E-state index in [0.717, 1.165) is 90.4 Å². The van der Waals surface area contributed by atoms with Gasteiger partial charge >= 0.3 is 11.9 Å². The van der Waals surface area contributed by atoms with Crippen LogP contribution in [0.25, 0.3) is 0 Å². The number of nitrogens with two attached hydrogens (primary N) is 1. The predicted molar refractivity (Wildman–Crippen MR) is 397 cm³/mol. The number of aliphatic hydroxyl groups is 7. The lowest BCUT2D eigenvalue weighted by Crippen LogP contribution is -2.64. The first-order valence-electron chi connectivity index (χ1n) is 38.3. The molecule has 4 rings (SSSR count). The largest absolute Gasteiger partial charge is 0.508 e. The average Bonchev–Trinajstić information content (AvgIpc) is 1.64. The number of carbonyl (C=O) groups excluding carboxylic acids is 14. The van der Waals surface area contributed by atoms with Gasteiger partial charge in [-0.25, -0.2) is 4.79 Å². The molecule has 3 saturated heterocycles. The van der Waals surface area contributed by atoms with E-state index in [-0.39, 0.29) is 44.4 Å². The van der Waals surface area contributed by atoms with Crippen molar-refractivity contribution < 1.29 is 123 Å². The van der Waals surface area contributed by atoms with E-state index in [9.17, 15) is 118 Å². The average molecular weight is 1590 g/mol. The molecule has 0 spiro atoms. The summed E-state index contributed by atoms with van der Waals surface area (Å²) >= 11 is 0. The van der Waals surface area contributed by atoms with Gasteiger partial charge < -0.3 is 125 Å². The molecule has 630 valence electrons.